The maximum Gasteiger partial charge on any atom is 0.150 e. The van der Waals surface area contributed by atoms with Crippen molar-refractivity contribution in [2.24, 2.45) is 0 Å². The minimum absolute atomic E-state index is 0.000793. The van der Waals surface area contributed by atoms with Crippen molar-refractivity contribution < 1.29 is 13.5 Å². The number of ether oxygens (including phenoxy) is 1. The molecule has 2 rings (SSSR count). The number of benzene rings is 2. The van der Waals surface area contributed by atoms with Crippen molar-refractivity contribution >= 4 is 49.1 Å². The Morgan fingerprint density at radius 3 is 2.29 bits per heavy atom. The molecule has 7 heteroatoms. The molecule has 0 fully saturated rings. The Morgan fingerprint density at radius 2 is 1.76 bits per heavy atom. The van der Waals surface area contributed by atoms with Gasteiger partial charge >= 0.3 is 0 Å². The number of rotatable bonds is 4. The van der Waals surface area contributed by atoms with Gasteiger partial charge in [0.25, 0.3) is 0 Å². The third kappa shape index (κ3) is 3.87. The van der Waals surface area contributed by atoms with Crippen LogP contribution in [-0.4, -0.2) is 7.11 Å². The van der Waals surface area contributed by atoms with Crippen LogP contribution in [0.3, 0.4) is 0 Å². The van der Waals surface area contributed by atoms with Gasteiger partial charge in [0.2, 0.25) is 0 Å². The molecule has 2 aromatic carbocycles. The molecule has 0 aromatic heterocycles. The van der Waals surface area contributed by atoms with Gasteiger partial charge in [-0.1, -0.05) is 11.6 Å². The predicted molar refractivity (Wildman–Crippen MR) is 87.1 cm³/mol. The van der Waals surface area contributed by atoms with Gasteiger partial charge in [0, 0.05) is 12.6 Å². The topological polar surface area (TPSA) is 21.3 Å². The second-order valence-electron chi connectivity index (χ2n) is 4.19. The highest BCUT2D eigenvalue weighted by Gasteiger charge is 2.11. The Morgan fingerprint density at radius 1 is 1.14 bits per heavy atom. The fourth-order valence-corrected chi connectivity index (χ4v) is 3.68. The lowest BCUT2D eigenvalue weighted by atomic mass is 10.2. The first-order valence-electron chi connectivity index (χ1n) is 5.82. The van der Waals surface area contributed by atoms with Crippen LogP contribution in [0.5, 0.6) is 5.75 Å². The molecule has 112 valence electrons. The molecule has 0 aliphatic carbocycles. The number of methoxy groups -OCH3 is 1. The van der Waals surface area contributed by atoms with Crippen molar-refractivity contribution in [2.75, 3.05) is 12.4 Å². The molecule has 0 aliphatic heterocycles. The Bertz CT molecular complexity index is 636. The molecule has 0 radical (unpaired) electrons. The number of hydrogen-bond donors (Lipinski definition) is 1. The molecule has 0 spiro atoms. The van der Waals surface area contributed by atoms with Crippen LogP contribution in [0.15, 0.2) is 33.2 Å². The highest BCUT2D eigenvalue weighted by molar-refractivity contribution is 9.11. The first kappa shape index (κ1) is 16.5. The van der Waals surface area contributed by atoms with Crippen LogP contribution in [0.25, 0.3) is 0 Å². The first-order chi connectivity index (χ1) is 9.92. The van der Waals surface area contributed by atoms with Crippen molar-refractivity contribution in [3.63, 3.8) is 0 Å². The lowest BCUT2D eigenvalue weighted by Gasteiger charge is -2.12. The van der Waals surface area contributed by atoms with E-state index in [2.05, 4.69) is 37.2 Å². The molecular formula is C14H10Br2ClF2NO. The second-order valence-corrected chi connectivity index (χ2v) is 6.31. The Kier molecular flexibility index (Phi) is 5.46. The van der Waals surface area contributed by atoms with Crippen LogP contribution in [0.4, 0.5) is 14.5 Å². The van der Waals surface area contributed by atoms with Gasteiger partial charge in [-0.15, -0.1) is 0 Å². The summed E-state index contributed by atoms with van der Waals surface area (Å²) in [4.78, 5) is 0. The average molecular weight is 441 g/mol. The summed E-state index contributed by atoms with van der Waals surface area (Å²) < 4.78 is 33.4. The maximum absolute atomic E-state index is 13.7. The first-order valence-corrected chi connectivity index (χ1v) is 7.79. The van der Waals surface area contributed by atoms with Crippen molar-refractivity contribution in [1.29, 1.82) is 0 Å². The largest absolute Gasteiger partial charge is 0.494 e. The van der Waals surface area contributed by atoms with E-state index in [1.807, 2.05) is 12.1 Å². The van der Waals surface area contributed by atoms with Gasteiger partial charge < -0.3 is 10.1 Å². The van der Waals surface area contributed by atoms with Crippen molar-refractivity contribution in [3.8, 4) is 5.75 Å². The van der Waals surface area contributed by atoms with Crippen molar-refractivity contribution in [3.05, 3.63) is 55.4 Å². The summed E-state index contributed by atoms with van der Waals surface area (Å²) in [6.07, 6.45) is 0. The van der Waals surface area contributed by atoms with Crippen LogP contribution in [0, 0.1) is 11.6 Å². The zero-order chi connectivity index (χ0) is 15.6. The number of hydrogen-bond acceptors (Lipinski definition) is 2. The summed E-state index contributed by atoms with van der Waals surface area (Å²) in [7, 11) is 1.57. The highest BCUT2D eigenvalue weighted by Crippen LogP contribution is 2.35. The van der Waals surface area contributed by atoms with E-state index in [9.17, 15) is 8.78 Å². The predicted octanol–water partition coefficient (Wildman–Crippen LogP) is 5.76. The molecule has 0 heterocycles. The Hall–Kier alpha value is -0.850. The summed E-state index contributed by atoms with van der Waals surface area (Å²) in [6.45, 7) is 0.323. The van der Waals surface area contributed by atoms with Gasteiger partial charge in [0.1, 0.15) is 11.6 Å². The normalized spacial score (nSPS) is 10.6. The van der Waals surface area contributed by atoms with E-state index in [-0.39, 0.29) is 10.7 Å². The van der Waals surface area contributed by atoms with E-state index >= 15 is 0 Å². The minimum atomic E-state index is -0.730. The zero-order valence-electron chi connectivity index (χ0n) is 10.8. The SMILES string of the molecule is COc1c(Br)cc(CNc2c(F)cc(F)cc2Cl)cc1Br. The van der Waals surface area contributed by atoms with Gasteiger partial charge in [0.15, 0.2) is 5.82 Å². The molecule has 0 atom stereocenters. The summed E-state index contributed by atoms with van der Waals surface area (Å²) in [5, 5.41) is 2.86. The smallest absolute Gasteiger partial charge is 0.150 e. The maximum atomic E-state index is 13.7. The van der Waals surface area contributed by atoms with E-state index in [1.165, 1.54) is 0 Å². The summed E-state index contributed by atoms with van der Waals surface area (Å²) in [5.41, 5.74) is 0.940. The highest BCUT2D eigenvalue weighted by atomic mass is 79.9. The van der Waals surface area contributed by atoms with Crippen molar-refractivity contribution in [1.82, 2.24) is 0 Å². The summed E-state index contributed by atoms with van der Waals surface area (Å²) in [5.74, 6) is -0.769. The van der Waals surface area contributed by atoms with E-state index in [1.54, 1.807) is 7.11 Å². The fourth-order valence-electron chi connectivity index (χ4n) is 1.81. The van der Waals surface area contributed by atoms with Crippen LogP contribution in [-0.2, 0) is 6.54 Å². The van der Waals surface area contributed by atoms with Gasteiger partial charge in [-0.05, 0) is 55.6 Å². The molecule has 21 heavy (non-hydrogen) atoms. The van der Waals surface area contributed by atoms with Gasteiger partial charge in [-0.3, -0.25) is 0 Å². The van der Waals surface area contributed by atoms with E-state index < -0.39 is 11.6 Å². The van der Waals surface area contributed by atoms with E-state index in [4.69, 9.17) is 16.3 Å². The van der Waals surface area contributed by atoms with Gasteiger partial charge in [-0.25, -0.2) is 8.78 Å². The molecular weight excluding hydrogens is 431 g/mol. The summed E-state index contributed by atoms with van der Waals surface area (Å²) in [6, 6.07) is 5.53. The molecule has 0 saturated carbocycles. The van der Waals surface area contributed by atoms with E-state index in [0.29, 0.717) is 12.3 Å². The monoisotopic (exact) mass is 439 g/mol. The third-order valence-corrected chi connectivity index (χ3v) is 4.21. The molecule has 0 bridgehead atoms. The third-order valence-electron chi connectivity index (χ3n) is 2.74. The molecule has 1 N–H and O–H groups in total. The number of halogens is 5. The van der Waals surface area contributed by atoms with Crippen LogP contribution in [0.2, 0.25) is 5.02 Å². The second kappa shape index (κ2) is 6.94. The van der Waals surface area contributed by atoms with Crippen molar-refractivity contribution in [2.45, 2.75) is 6.54 Å². The molecule has 0 saturated heterocycles. The van der Waals surface area contributed by atoms with E-state index in [0.717, 1.165) is 26.6 Å². The van der Waals surface area contributed by atoms with Crippen LogP contribution >= 0.6 is 43.5 Å². The average Bonchev–Trinajstić information content (AvgIpc) is 2.37. The Balaban J connectivity index is 2.21. The van der Waals surface area contributed by atoms with Crippen LogP contribution in [0.1, 0.15) is 5.56 Å². The van der Waals surface area contributed by atoms with Crippen LogP contribution < -0.4 is 10.1 Å². The fraction of sp³-hybridized carbons (Fsp3) is 0.143. The Labute approximate surface area is 142 Å². The number of nitrogens with one attached hydrogen (secondary N) is 1. The minimum Gasteiger partial charge on any atom is -0.494 e. The van der Waals surface area contributed by atoms with Gasteiger partial charge in [0.05, 0.1) is 26.8 Å². The quantitative estimate of drug-likeness (QED) is 0.651. The lowest BCUT2D eigenvalue weighted by Crippen LogP contribution is -2.03. The zero-order valence-corrected chi connectivity index (χ0v) is 14.7. The summed E-state index contributed by atoms with van der Waals surface area (Å²) >= 11 is 12.6. The molecule has 0 aliphatic rings. The number of anilines is 1. The van der Waals surface area contributed by atoms with Gasteiger partial charge in [-0.2, -0.15) is 0 Å². The molecule has 2 nitrogen and oxygen atoms in total. The standard InChI is InChI=1S/C14H10Br2ClF2NO/c1-21-14-9(15)2-7(3-10(14)16)6-20-13-11(17)4-8(18)5-12(13)19/h2-5,20H,6H2,1H3. The lowest BCUT2D eigenvalue weighted by molar-refractivity contribution is 0.409. The molecule has 2 aromatic rings. The molecule has 0 unspecified atom stereocenters. The molecule has 0 amide bonds.